The van der Waals surface area contributed by atoms with Crippen molar-refractivity contribution in [3.05, 3.63) is 27.6 Å². The number of nitrogens with zero attached hydrogens (tertiary/aromatic N) is 2. The summed E-state index contributed by atoms with van der Waals surface area (Å²) < 4.78 is 6.12. The molecule has 8 heteroatoms. The van der Waals surface area contributed by atoms with Gasteiger partial charge in [0.15, 0.2) is 4.96 Å². The van der Waals surface area contributed by atoms with Crippen molar-refractivity contribution in [1.82, 2.24) is 9.38 Å². The Balaban J connectivity index is 2.11. The van der Waals surface area contributed by atoms with E-state index in [-0.39, 0.29) is 30.7 Å². The summed E-state index contributed by atoms with van der Waals surface area (Å²) in [5, 5.41) is 4.27. The lowest BCUT2D eigenvalue weighted by Gasteiger charge is -2.07. The van der Waals surface area contributed by atoms with Crippen LogP contribution in [-0.2, 0) is 14.3 Å². The maximum absolute atomic E-state index is 12.2. The highest BCUT2D eigenvalue weighted by molar-refractivity contribution is 7.15. The zero-order valence-corrected chi connectivity index (χ0v) is 12.5. The molecule has 0 aromatic carbocycles. The summed E-state index contributed by atoms with van der Waals surface area (Å²) in [6.45, 7) is 3.63. The largest absolute Gasteiger partial charge is 0.466 e. The first-order valence-corrected chi connectivity index (χ1v) is 7.32. The number of anilines is 1. The second-order valence-electron chi connectivity index (χ2n) is 4.29. The van der Waals surface area contributed by atoms with Crippen LogP contribution in [0, 0.1) is 6.92 Å². The molecule has 1 N–H and O–H groups in total. The van der Waals surface area contributed by atoms with Gasteiger partial charge in [-0.25, -0.2) is 4.98 Å². The molecule has 0 fully saturated rings. The fourth-order valence-electron chi connectivity index (χ4n) is 1.78. The van der Waals surface area contributed by atoms with Gasteiger partial charge in [0.25, 0.3) is 5.56 Å². The van der Waals surface area contributed by atoms with Crippen LogP contribution in [0.5, 0.6) is 0 Å². The van der Waals surface area contributed by atoms with Gasteiger partial charge in [-0.15, -0.1) is 11.3 Å². The number of rotatable bonds is 5. The van der Waals surface area contributed by atoms with Crippen molar-refractivity contribution >= 4 is 33.9 Å². The standard InChI is InChI=1S/C13H15N3O4S/c1-3-20-10(18)5-4-9(17)15-11-8(2)14-13-16(12(11)19)6-7-21-13/h6-7H,3-5H2,1-2H3,(H,15,17). The molecule has 2 rings (SSSR count). The molecule has 0 aliphatic carbocycles. The number of fused-ring (bicyclic) bond motifs is 1. The predicted molar refractivity (Wildman–Crippen MR) is 78.6 cm³/mol. The average Bonchev–Trinajstić information content (AvgIpc) is 2.90. The summed E-state index contributed by atoms with van der Waals surface area (Å²) in [5.41, 5.74) is 0.259. The van der Waals surface area contributed by atoms with Gasteiger partial charge in [-0.2, -0.15) is 0 Å². The number of hydrogen-bond acceptors (Lipinski definition) is 6. The first-order chi connectivity index (χ1) is 10.0. The van der Waals surface area contributed by atoms with Crippen molar-refractivity contribution in [2.75, 3.05) is 11.9 Å². The van der Waals surface area contributed by atoms with E-state index in [9.17, 15) is 14.4 Å². The maximum Gasteiger partial charge on any atom is 0.306 e. The van der Waals surface area contributed by atoms with Crippen molar-refractivity contribution in [3.63, 3.8) is 0 Å². The fraction of sp³-hybridized carbons (Fsp3) is 0.385. The Morgan fingerprint density at radius 2 is 2.19 bits per heavy atom. The average molecular weight is 309 g/mol. The molecule has 0 unspecified atom stereocenters. The Labute approximate surface area is 124 Å². The molecule has 0 bridgehead atoms. The maximum atomic E-state index is 12.2. The summed E-state index contributed by atoms with van der Waals surface area (Å²) in [6, 6.07) is 0. The van der Waals surface area contributed by atoms with Crippen molar-refractivity contribution in [1.29, 1.82) is 0 Å². The fourth-order valence-corrected chi connectivity index (χ4v) is 2.53. The molecule has 0 spiro atoms. The number of aromatic nitrogens is 2. The minimum atomic E-state index is -0.437. The number of carbonyl (C=O) groups is 2. The molecule has 0 saturated heterocycles. The highest BCUT2D eigenvalue weighted by atomic mass is 32.1. The van der Waals surface area contributed by atoms with E-state index in [4.69, 9.17) is 4.74 Å². The normalized spacial score (nSPS) is 10.6. The van der Waals surface area contributed by atoms with Crippen LogP contribution in [-0.4, -0.2) is 27.9 Å². The van der Waals surface area contributed by atoms with Crippen molar-refractivity contribution in [2.24, 2.45) is 0 Å². The lowest BCUT2D eigenvalue weighted by atomic mass is 10.3. The van der Waals surface area contributed by atoms with Crippen LogP contribution in [0.25, 0.3) is 4.96 Å². The predicted octanol–water partition coefficient (Wildman–Crippen LogP) is 1.35. The van der Waals surface area contributed by atoms with Gasteiger partial charge in [-0.05, 0) is 13.8 Å². The van der Waals surface area contributed by atoms with Crippen LogP contribution in [0.3, 0.4) is 0 Å². The van der Waals surface area contributed by atoms with Gasteiger partial charge in [0.2, 0.25) is 5.91 Å². The Kier molecular flexibility index (Phi) is 4.69. The minimum absolute atomic E-state index is 0.0197. The summed E-state index contributed by atoms with van der Waals surface area (Å²) in [5.74, 6) is -0.854. The van der Waals surface area contributed by atoms with Crippen LogP contribution in [0.2, 0.25) is 0 Å². The molecular weight excluding hydrogens is 294 g/mol. The molecule has 7 nitrogen and oxygen atoms in total. The van der Waals surface area contributed by atoms with Gasteiger partial charge >= 0.3 is 5.97 Å². The topological polar surface area (TPSA) is 89.8 Å². The number of amides is 1. The summed E-state index contributed by atoms with van der Waals surface area (Å²) in [4.78, 5) is 40.0. The molecule has 2 heterocycles. The van der Waals surface area contributed by atoms with Gasteiger partial charge in [0.05, 0.1) is 18.7 Å². The zero-order valence-electron chi connectivity index (χ0n) is 11.7. The van der Waals surface area contributed by atoms with Crippen LogP contribution < -0.4 is 10.9 Å². The SMILES string of the molecule is CCOC(=O)CCC(=O)Nc1c(C)nc2sccn2c1=O. The van der Waals surface area contributed by atoms with Gasteiger partial charge in [-0.1, -0.05) is 0 Å². The van der Waals surface area contributed by atoms with Crippen LogP contribution in [0.4, 0.5) is 5.69 Å². The smallest absolute Gasteiger partial charge is 0.306 e. The molecule has 0 saturated carbocycles. The summed E-state index contributed by atoms with van der Waals surface area (Å²) >= 11 is 1.34. The molecule has 2 aromatic rings. The van der Waals surface area contributed by atoms with E-state index in [0.29, 0.717) is 10.7 Å². The number of hydrogen-bond donors (Lipinski definition) is 1. The van der Waals surface area contributed by atoms with Crippen molar-refractivity contribution in [2.45, 2.75) is 26.7 Å². The van der Waals surface area contributed by atoms with Crippen molar-refractivity contribution in [3.8, 4) is 0 Å². The van der Waals surface area contributed by atoms with E-state index in [1.807, 2.05) is 0 Å². The highest BCUT2D eigenvalue weighted by Gasteiger charge is 2.14. The van der Waals surface area contributed by atoms with E-state index >= 15 is 0 Å². The molecular formula is C13H15N3O4S. The van der Waals surface area contributed by atoms with Gasteiger partial charge in [0.1, 0.15) is 5.69 Å². The Bertz CT molecular complexity index is 735. The zero-order chi connectivity index (χ0) is 15.4. The minimum Gasteiger partial charge on any atom is -0.466 e. The number of aryl methyl sites for hydroxylation is 1. The lowest BCUT2D eigenvalue weighted by Crippen LogP contribution is -2.24. The van der Waals surface area contributed by atoms with E-state index in [0.717, 1.165) is 0 Å². The van der Waals surface area contributed by atoms with Crippen LogP contribution in [0.1, 0.15) is 25.5 Å². The highest BCUT2D eigenvalue weighted by Crippen LogP contribution is 2.13. The molecule has 0 aliphatic rings. The quantitative estimate of drug-likeness (QED) is 0.842. The summed E-state index contributed by atoms with van der Waals surface area (Å²) in [7, 11) is 0. The number of ether oxygens (including phenoxy) is 1. The number of esters is 1. The van der Waals surface area contributed by atoms with E-state index in [2.05, 4.69) is 10.3 Å². The first-order valence-electron chi connectivity index (χ1n) is 6.45. The molecule has 1 amide bonds. The monoisotopic (exact) mass is 309 g/mol. The second-order valence-corrected chi connectivity index (χ2v) is 5.16. The molecule has 0 radical (unpaired) electrons. The lowest BCUT2D eigenvalue weighted by molar-refractivity contribution is -0.144. The van der Waals surface area contributed by atoms with Crippen LogP contribution in [0.15, 0.2) is 16.4 Å². The van der Waals surface area contributed by atoms with Gasteiger partial charge < -0.3 is 10.1 Å². The molecule has 0 aliphatic heterocycles. The Hall–Kier alpha value is -2.22. The summed E-state index contributed by atoms with van der Waals surface area (Å²) in [6.07, 6.45) is 1.54. The van der Waals surface area contributed by atoms with Crippen molar-refractivity contribution < 1.29 is 14.3 Å². The molecule has 0 atom stereocenters. The van der Waals surface area contributed by atoms with E-state index < -0.39 is 11.9 Å². The number of carbonyl (C=O) groups excluding carboxylic acids is 2. The third-order valence-electron chi connectivity index (χ3n) is 2.77. The third kappa shape index (κ3) is 3.46. The second kappa shape index (κ2) is 6.49. The third-order valence-corrected chi connectivity index (χ3v) is 3.53. The van der Waals surface area contributed by atoms with Gasteiger partial charge in [-0.3, -0.25) is 18.8 Å². The van der Waals surface area contributed by atoms with Crippen LogP contribution >= 0.6 is 11.3 Å². The van der Waals surface area contributed by atoms with E-state index in [1.165, 1.54) is 15.7 Å². The Morgan fingerprint density at radius 1 is 1.43 bits per heavy atom. The Morgan fingerprint density at radius 3 is 2.90 bits per heavy atom. The number of thiazole rings is 1. The van der Waals surface area contributed by atoms with E-state index in [1.54, 1.807) is 25.4 Å². The molecule has 21 heavy (non-hydrogen) atoms. The first kappa shape index (κ1) is 15.2. The number of nitrogens with one attached hydrogen (secondary N) is 1. The molecule has 112 valence electrons. The molecule has 2 aromatic heterocycles. The van der Waals surface area contributed by atoms with Gasteiger partial charge in [0, 0.05) is 18.0 Å².